The van der Waals surface area contributed by atoms with Crippen molar-refractivity contribution in [3.63, 3.8) is 0 Å². The van der Waals surface area contributed by atoms with Gasteiger partial charge in [0, 0.05) is 43.9 Å². The van der Waals surface area contributed by atoms with Crippen LogP contribution in [0.3, 0.4) is 0 Å². The van der Waals surface area contributed by atoms with Crippen LogP contribution >= 0.6 is 11.6 Å². The summed E-state index contributed by atoms with van der Waals surface area (Å²) in [6, 6.07) is 8.67. The van der Waals surface area contributed by atoms with Crippen molar-refractivity contribution in [2.45, 2.75) is 31.4 Å². The molecule has 9 heteroatoms. The molecule has 1 saturated heterocycles. The largest absolute Gasteiger partial charge is 0.380 e. The van der Waals surface area contributed by atoms with Gasteiger partial charge < -0.3 is 25.2 Å². The van der Waals surface area contributed by atoms with Crippen LogP contribution in [-0.4, -0.2) is 67.7 Å². The normalized spacial score (nSPS) is 20.8. The molecule has 3 amide bonds. The fraction of sp³-hybridized carbons (Fsp3) is 0.417. The Morgan fingerprint density at radius 2 is 1.85 bits per heavy atom. The maximum atomic E-state index is 14.2. The zero-order valence-corrected chi connectivity index (χ0v) is 19.5. The first-order valence-electron chi connectivity index (χ1n) is 11.0. The lowest BCUT2D eigenvalue weighted by Crippen LogP contribution is -2.45. The molecule has 2 aromatic carbocycles. The van der Waals surface area contributed by atoms with Crippen molar-refractivity contribution in [2.75, 3.05) is 44.4 Å². The summed E-state index contributed by atoms with van der Waals surface area (Å²) >= 11 is 5.79. The summed E-state index contributed by atoms with van der Waals surface area (Å²) in [4.78, 5) is 29.7. The van der Waals surface area contributed by atoms with E-state index in [4.69, 9.17) is 16.3 Å². The molecule has 1 fully saturated rings. The first-order valence-corrected chi connectivity index (χ1v) is 11.4. The summed E-state index contributed by atoms with van der Waals surface area (Å²) in [6.07, 6.45) is 1.97. The molecule has 7 nitrogen and oxygen atoms in total. The number of likely N-dealkylation sites (tertiary alicyclic amines) is 1. The van der Waals surface area contributed by atoms with Gasteiger partial charge in [0.15, 0.2) is 0 Å². The van der Waals surface area contributed by atoms with Gasteiger partial charge in [0.1, 0.15) is 11.9 Å². The second kappa shape index (κ2) is 10.1. The highest BCUT2D eigenvalue weighted by Gasteiger charge is 2.40. The molecule has 2 atom stereocenters. The van der Waals surface area contributed by atoms with E-state index in [1.807, 2.05) is 12.1 Å². The van der Waals surface area contributed by atoms with Crippen LogP contribution in [0.5, 0.6) is 0 Å². The van der Waals surface area contributed by atoms with E-state index in [-0.39, 0.29) is 29.3 Å². The predicted octanol–water partition coefficient (Wildman–Crippen LogP) is 3.77. The number of benzene rings is 2. The quantitative estimate of drug-likeness (QED) is 0.707. The second-order valence-corrected chi connectivity index (χ2v) is 9.03. The zero-order chi connectivity index (χ0) is 23.5. The van der Waals surface area contributed by atoms with E-state index in [0.29, 0.717) is 12.1 Å². The van der Waals surface area contributed by atoms with Gasteiger partial charge in [-0.25, -0.2) is 9.18 Å². The lowest BCUT2D eigenvalue weighted by molar-refractivity contribution is -0.119. The molecule has 0 aromatic heterocycles. The number of ether oxygens (including phenoxy) is 1. The third-order valence-electron chi connectivity index (χ3n) is 6.33. The average Bonchev–Trinajstić information content (AvgIpc) is 3.15. The summed E-state index contributed by atoms with van der Waals surface area (Å²) in [5, 5.41) is 5.73. The molecule has 2 N–H and O–H groups in total. The predicted molar refractivity (Wildman–Crippen MR) is 126 cm³/mol. The van der Waals surface area contributed by atoms with Crippen molar-refractivity contribution < 1.29 is 18.7 Å². The second-order valence-electron chi connectivity index (χ2n) is 8.59. The van der Waals surface area contributed by atoms with Crippen molar-refractivity contribution in [1.29, 1.82) is 0 Å². The molecule has 0 radical (unpaired) electrons. The monoisotopic (exact) mass is 474 g/mol. The van der Waals surface area contributed by atoms with Gasteiger partial charge in [-0.3, -0.25) is 4.79 Å². The molecule has 0 bridgehead atoms. The number of amides is 3. The Hall–Kier alpha value is -2.68. The SMILES string of the molecule is COC1C[C@H](C(=O)Nc2ccc3c(c2)CCN(C)CC3)N(C(=O)Nc2ccc(Cl)cc2F)C1. The summed E-state index contributed by atoms with van der Waals surface area (Å²) in [6.45, 7) is 2.21. The minimum absolute atomic E-state index is 0.000135. The summed E-state index contributed by atoms with van der Waals surface area (Å²) < 4.78 is 19.6. The molecule has 0 aliphatic carbocycles. The zero-order valence-electron chi connectivity index (χ0n) is 18.7. The number of nitrogens with one attached hydrogen (secondary N) is 2. The van der Waals surface area contributed by atoms with Crippen LogP contribution in [0.15, 0.2) is 36.4 Å². The van der Waals surface area contributed by atoms with Crippen LogP contribution in [0.25, 0.3) is 0 Å². The molecule has 0 saturated carbocycles. The number of hydrogen-bond acceptors (Lipinski definition) is 4. The van der Waals surface area contributed by atoms with Gasteiger partial charge >= 0.3 is 6.03 Å². The molecule has 2 heterocycles. The maximum absolute atomic E-state index is 14.2. The van der Waals surface area contributed by atoms with Crippen LogP contribution in [0.4, 0.5) is 20.6 Å². The highest BCUT2D eigenvalue weighted by Crippen LogP contribution is 2.26. The van der Waals surface area contributed by atoms with E-state index < -0.39 is 17.9 Å². The van der Waals surface area contributed by atoms with Crippen LogP contribution in [0.1, 0.15) is 17.5 Å². The smallest absolute Gasteiger partial charge is 0.322 e. The number of halogens is 2. The van der Waals surface area contributed by atoms with Gasteiger partial charge in [0.05, 0.1) is 11.8 Å². The van der Waals surface area contributed by atoms with Crippen LogP contribution < -0.4 is 10.6 Å². The van der Waals surface area contributed by atoms with Gasteiger partial charge in [0.2, 0.25) is 5.91 Å². The molecule has 176 valence electrons. The van der Waals surface area contributed by atoms with E-state index in [2.05, 4.69) is 28.6 Å². The number of nitrogens with zero attached hydrogens (tertiary/aromatic N) is 2. The Kier molecular flexibility index (Phi) is 7.17. The summed E-state index contributed by atoms with van der Waals surface area (Å²) in [7, 11) is 3.65. The molecule has 2 aliphatic heterocycles. The first-order chi connectivity index (χ1) is 15.8. The lowest BCUT2D eigenvalue weighted by atomic mass is 10.0. The van der Waals surface area contributed by atoms with Crippen molar-refractivity contribution in [3.8, 4) is 0 Å². The highest BCUT2D eigenvalue weighted by atomic mass is 35.5. The number of carbonyl (C=O) groups excluding carboxylic acids is 2. The molecule has 1 unspecified atom stereocenters. The Balaban J connectivity index is 1.47. The molecule has 4 rings (SSSR count). The van der Waals surface area contributed by atoms with E-state index in [1.54, 1.807) is 7.11 Å². The summed E-state index contributed by atoms with van der Waals surface area (Å²) in [5.74, 6) is -0.943. The van der Waals surface area contributed by atoms with Crippen LogP contribution in [-0.2, 0) is 22.4 Å². The number of rotatable bonds is 4. The van der Waals surface area contributed by atoms with Gasteiger partial charge in [-0.15, -0.1) is 0 Å². The third-order valence-corrected chi connectivity index (χ3v) is 6.57. The van der Waals surface area contributed by atoms with Gasteiger partial charge in [-0.05, 0) is 61.3 Å². The Morgan fingerprint density at radius 1 is 1.09 bits per heavy atom. The van der Waals surface area contributed by atoms with E-state index in [9.17, 15) is 14.0 Å². The van der Waals surface area contributed by atoms with Crippen molar-refractivity contribution in [1.82, 2.24) is 9.80 Å². The van der Waals surface area contributed by atoms with Gasteiger partial charge in [-0.2, -0.15) is 0 Å². The van der Waals surface area contributed by atoms with Crippen LogP contribution in [0, 0.1) is 5.82 Å². The molecular formula is C24H28ClFN4O3. The van der Waals surface area contributed by atoms with Crippen molar-refractivity contribution in [2.24, 2.45) is 0 Å². The number of fused-ring (bicyclic) bond motifs is 1. The number of carbonyl (C=O) groups is 2. The maximum Gasteiger partial charge on any atom is 0.322 e. The Morgan fingerprint density at radius 3 is 2.58 bits per heavy atom. The number of hydrogen-bond donors (Lipinski definition) is 2. The number of methoxy groups -OCH3 is 1. The highest BCUT2D eigenvalue weighted by molar-refractivity contribution is 6.30. The Bertz CT molecular complexity index is 1050. The van der Waals surface area contributed by atoms with E-state index in [0.717, 1.165) is 32.0 Å². The topological polar surface area (TPSA) is 73.9 Å². The lowest BCUT2D eigenvalue weighted by Gasteiger charge is -2.24. The first kappa shape index (κ1) is 23.5. The molecule has 2 aliphatic rings. The minimum atomic E-state index is -0.741. The minimum Gasteiger partial charge on any atom is -0.380 e. The molecule has 0 spiro atoms. The van der Waals surface area contributed by atoms with E-state index >= 15 is 0 Å². The van der Waals surface area contributed by atoms with Gasteiger partial charge in [-0.1, -0.05) is 17.7 Å². The fourth-order valence-electron chi connectivity index (χ4n) is 4.36. The van der Waals surface area contributed by atoms with Crippen molar-refractivity contribution >= 4 is 34.9 Å². The number of anilines is 2. The van der Waals surface area contributed by atoms with Crippen LogP contribution in [0.2, 0.25) is 5.02 Å². The molecule has 33 heavy (non-hydrogen) atoms. The standard InChI is InChI=1S/C24H28ClFN4O3/c1-29-9-7-15-3-5-18(11-16(15)8-10-29)27-23(31)22-13-19(33-2)14-30(22)24(32)28-21-6-4-17(25)12-20(21)26/h3-6,11-12,19,22H,7-10,13-14H2,1-2H3,(H,27,31)(H,28,32)/t19?,22-/m1/s1. The van der Waals surface area contributed by atoms with E-state index in [1.165, 1.54) is 28.2 Å². The number of urea groups is 1. The summed E-state index contributed by atoms with van der Waals surface area (Å²) in [5.41, 5.74) is 3.23. The molecular weight excluding hydrogens is 447 g/mol. The average molecular weight is 475 g/mol. The third kappa shape index (κ3) is 5.46. The van der Waals surface area contributed by atoms with Crippen molar-refractivity contribution in [3.05, 3.63) is 58.4 Å². The van der Waals surface area contributed by atoms with Gasteiger partial charge in [0.25, 0.3) is 0 Å². The Labute approximate surface area is 197 Å². The molecule has 2 aromatic rings. The fourth-order valence-corrected chi connectivity index (χ4v) is 4.52. The number of likely N-dealkylation sites (N-methyl/N-ethyl adjacent to an activating group) is 1.